The zero-order valence-corrected chi connectivity index (χ0v) is 6.05. The molecular formula is C7H12O4. The Morgan fingerprint density at radius 1 is 1.27 bits per heavy atom. The van der Waals surface area contributed by atoms with Crippen molar-refractivity contribution in [2.45, 2.75) is 30.8 Å². The molecule has 64 valence electrons. The summed E-state index contributed by atoms with van der Waals surface area (Å²) in [5.41, 5.74) is 0. The van der Waals surface area contributed by atoms with Crippen LogP contribution in [0.2, 0.25) is 0 Å². The Hall–Kier alpha value is -0.160. The van der Waals surface area contributed by atoms with E-state index in [9.17, 15) is 10.2 Å². The molecule has 11 heavy (non-hydrogen) atoms. The normalized spacial score (nSPS) is 55.4. The number of rotatable bonds is 1. The van der Waals surface area contributed by atoms with Gasteiger partial charge >= 0.3 is 0 Å². The summed E-state index contributed by atoms with van der Waals surface area (Å²) >= 11 is 0. The lowest BCUT2D eigenvalue weighted by molar-refractivity contribution is -0.0507. The average Bonchev–Trinajstić information content (AvgIpc) is 2.75. The molecule has 0 radical (unpaired) electrons. The third-order valence-corrected chi connectivity index (χ3v) is 2.56. The second-order valence-corrected chi connectivity index (χ2v) is 3.30. The highest BCUT2D eigenvalue weighted by Crippen LogP contribution is 2.39. The topological polar surface area (TPSA) is 73.2 Å². The summed E-state index contributed by atoms with van der Waals surface area (Å²) in [5, 5.41) is 27.4. The first-order chi connectivity index (χ1) is 5.24. The fourth-order valence-electron chi connectivity index (χ4n) is 1.74. The molecule has 0 aromatic rings. The van der Waals surface area contributed by atoms with Crippen molar-refractivity contribution in [3.05, 3.63) is 0 Å². The van der Waals surface area contributed by atoms with Gasteiger partial charge < -0.3 is 20.1 Å². The third kappa shape index (κ3) is 1.06. The van der Waals surface area contributed by atoms with Crippen molar-refractivity contribution in [2.75, 3.05) is 6.61 Å². The van der Waals surface area contributed by atoms with E-state index in [0.29, 0.717) is 6.42 Å². The van der Waals surface area contributed by atoms with Crippen molar-refractivity contribution in [2.24, 2.45) is 5.92 Å². The largest absolute Gasteiger partial charge is 0.396 e. The fraction of sp³-hybridized carbons (Fsp3) is 1.00. The van der Waals surface area contributed by atoms with Crippen LogP contribution in [0.25, 0.3) is 0 Å². The Labute approximate surface area is 64.4 Å². The SMILES string of the molecule is OCC1CC2OC2C(O)C1O. The molecular weight excluding hydrogens is 148 g/mol. The number of epoxide rings is 1. The van der Waals surface area contributed by atoms with Crippen LogP contribution >= 0.6 is 0 Å². The van der Waals surface area contributed by atoms with E-state index in [1.54, 1.807) is 0 Å². The number of aliphatic hydroxyl groups is 3. The van der Waals surface area contributed by atoms with E-state index < -0.39 is 12.2 Å². The molecule has 2 fully saturated rings. The number of ether oxygens (including phenoxy) is 1. The molecule has 1 aliphatic heterocycles. The van der Waals surface area contributed by atoms with Crippen molar-refractivity contribution in [3.63, 3.8) is 0 Å². The quantitative estimate of drug-likeness (QED) is 0.408. The molecule has 0 bridgehead atoms. The first kappa shape index (κ1) is 7.49. The van der Waals surface area contributed by atoms with E-state index in [0.717, 1.165) is 0 Å². The van der Waals surface area contributed by atoms with Gasteiger partial charge in [-0.2, -0.15) is 0 Å². The first-order valence-electron chi connectivity index (χ1n) is 3.86. The summed E-state index contributed by atoms with van der Waals surface area (Å²) in [4.78, 5) is 0. The van der Waals surface area contributed by atoms with E-state index in [2.05, 4.69) is 0 Å². The van der Waals surface area contributed by atoms with Crippen molar-refractivity contribution in [1.29, 1.82) is 0 Å². The van der Waals surface area contributed by atoms with Crippen LogP contribution < -0.4 is 0 Å². The minimum atomic E-state index is -0.816. The van der Waals surface area contributed by atoms with Crippen LogP contribution in [0.1, 0.15) is 6.42 Å². The Kier molecular flexibility index (Phi) is 1.64. The highest BCUT2D eigenvalue weighted by Gasteiger charge is 2.54. The van der Waals surface area contributed by atoms with Gasteiger partial charge in [0.05, 0.1) is 12.2 Å². The Bertz CT molecular complexity index is 161. The van der Waals surface area contributed by atoms with Crippen molar-refractivity contribution < 1.29 is 20.1 Å². The van der Waals surface area contributed by atoms with Gasteiger partial charge in [-0.1, -0.05) is 0 Å². The summed E-state index contributed by atoms with van der Waals surface area (Å²) in [6.07, 6.45) is -1.05. The van der Waals surface area contributed by atoms with Gasteiger partial charge in [0.15, 0.2) is 0 Å². The van der Waals surface area contributed by atoms with E-state index in [1.165, 1.54) is 0 Å². The highest BCUT2D eigenvalue weighted by molar-refractivity contribution is 5.02. The third-order valence-electron chi connectivity index (χ3n) is 2.56. The number of aliphatic hydroxyl groups excluding tert-OH is 3. The molecule has 0 aromatic carbocycles. The summed E-state index contributed by atoms with van der Waals surface area (Å²) in [5.74, 6) is -0.214. The minimum Gasteiger partial charge on any atom is -0.396 e. The van der Waals surface area contributed by atoms with Gasteiger partial charge in [0.2, 0.25) is 0 Å². The molecule has 5 atom stereocenters. The standard InChI is InChI=1S/C7H12O4/c8-2-3-1-4-7(11-4)6(10)5(3)9/h3-10H,1-2H2. The molecule has 4 nitrogen and oxygen atoms in total. The maximum absolute atomic E-state index is 9.34. The fourth-order valence-corrected chi connectivity index (χ4v) is 1.74. The molecule has 1 saturated carbocycles. The molecule has 5 unspecified atom stereocenters. The van der Waals surface area contributed by atoms with Crippen LogP contribution in [0.15, 0.2) is 0 Å². The van der Waals surface area contributed by atoms with Crippen molar-refractivity contribution in [3.8, 4) is 0 Å². The lowest BCUT2D eigenvalue weighted by Gasteiger charge is -2.27. The average molecular weight is 160 g/mol. The molecule has 4 heteroatoms. The maximum Gasteiger partial charge on any atom is 0.113 e. The van der Waals surface area contributed by atoms with Gasteiger partial charge in [0.25, 0.3) is 0 Å². The van der Waals surface area contributed by atoms with E-state index in [-0.39, 0.29) is 24.7 Å². The molecule has 0 spiro atoms. The molecule has 2 rings (SSSR count). The summed E-state index contributed by atoms with van der Waals surface area (Å²) in [6.45, 7) is -0.0786. The van der Waals surface area contributed by atoms with E-state index in [4.69, 9.17) is 9.84 Å². The zero-order chi connectivity index (χ0) is 8.01. The highest BCUT2D eigenvalue weighted by atomic mass is 16.6. The van der Waals surface area contributed by atoms with Crippen molar-refractivity contribution >= 4 is 0 Å². The van der Waals surface area contributed by atoms with Gasteiger partial charge in [-0.15, -0.1) is 0 Å². The van der Waals surface area contributed by atoms with E-state index in [1.807, 2.05) is 0 Å². The predicted molar refractivity (Wildman–Crippen MR) is 35.9 cm³/mol. The van der Waals surface area contributed by atoms with Crippen LogP contribution in [0, 0.1) is 5.92 Å². The summed E-state index contributed by atoms with van der Waals surface area (Å²) in [7, 11) is 0. The zero-order valence-electron chi connectivity index (χ0n) is 6.05. The molecule has 0 aromatic heterocycles. The summed E-state index contributed by atoms with van der Waals surface area (Å²) < 4.78 is 5.07. The van der Waals surface area contributed by atoms with Gasteiger partial charge in [-0.25, -0.2) is 0 Å². The number of hydrogen-bond donors (Lipinski definition) is 3. The Morgan fingerprint density at radius 3 is 2.64 bits per heavy atom. The molecule has 2 aliphatic rings. The van der Waals surface area contributed by atoms with Gasteiger partial charge in [-0.05, 0) is 6.42 Å². The van der Waals surface area contributed by atoms with Crippen LogP contribution in [0.4, 0.5) is 0 Å². The minimum absolute atomic E-state index is 0.0746. The summed E-state index contributed by atoms with van der Waals surface area (Å²) in [6, 6.07) is 0. The molecule has 1 heterocycles. The van der Waals surface area contributed by atoms with Crippen molar-refractivity contribution in [1.82, 2.24) is 0 Å². The molecule has 0 amide bonds. The second kappa shape index (κ2) is 2.42. The monoisotopic (exact) mass is 160 g/mol. The number of fused-ring (bicyclic) bond motifs is 1. The maximum atomic E-state index is 9.34. The second-order valence-electron chi connectivity index (χ2n) is 3.30. The lowest BCUT2D eigenvalue weighted by atomic mass is 9.85. The first-order valence-corrected chi connectivity index (χ1v) is 3.86. The van der Waals surface area contributed by atoms with Crippen LogP contribution in [-0.4, -0.2) is 46.3 Å². The molecule has 1 saturated heterocycles. The lowest BCUT2D eigenvalue weighted by Crippen LogP contribution is -2.43. The Morgan fingerprint density at radius 2 is 2.00 bits per heavy atom. The van der Waals surface area contributed by atoms with Gasteiger partial charge in [0.1, 0.15) is 12.2 Å². The number of hydrogen-bond acceptors (Lipinski definition) is 4. The van der Waals surface area contributed by atoms with E-state index >= 15 is 0 Å². The van der Waals surface area contributed by atoms with Crippen LogP contribution in [0.5, 0.6) is 0 Å². The van der Waals surface area contributed by atoms with Crippen LogP contribution in [0.3, 0.4) is 0 Å². The Balaban J connectivity index is 2.03. The van der Waals surface area contributed by atoms with Crippen LogP contribution in [-0.2, 0) is 4.74 Å². The predicted octanol–water partition coefficient (Wildman–Crippen LogP) is -1.51. The molecule has 1 aliphatic carbocycles. The smallest absolute Gasteiger partial charge is 0.113 e. The molecule has 3 N–H and O–H groups in total. The van der Waals surface area contributed by atoms with Gasteiger partial charge in [0, 0.05) is 12.5 Å². The van der Waals surface area contributed by atoms with Gasteiger partial charge in [-0.3, -0.25) is 0 Å².